The molecule has 0 amide bonds. The number of rotatable bonds is 4. The molecule has 1 atom stereocenters. The molecule has 0 radical (unpaired) electrons. The predicted molar refractivity (Wildman–Crippen MR) is 194 cm³/mol. The van der Waals surface area contributed by atoms with Crippen molar-refractivity contribution in [3.8, 4) is 0 Å². The van der Waals surface area contributed by atoms with Gasteiger partial charge in [0.15, 0.2) is 0 Å². The van der Waals surface area contributed by atoms with Gasteiger partial charge in [0.05, 0.1) is 22.8 Å². The first-order valence-corrected chi connectivity index (χ1v) is 16.4. The lowest BCUT2D eigenvalue weighted by Crippen LogP contribution is -2.26. The summed E-state index contributed by atoms with van der Waals surface area (Å²) in [6.07, 6.45) is 6.64. The molecule has 6 aromatic rings. The lowest BCUT2D eigenvalue weighted by molar-refractivity contribution is 0.554. The lowest BCUT2D eigenvalue weighted by Gasteiger charge is -2.21. The van der Waals surface area contributed by atoms with Crippen molar-refractivity contribution in [2.24, 2.45) is 4.99 Å². The maximum absolute atomic E-state index is 5.42. The van der Waals surface area contributed by atoms with Crippen LogP contribution >= 0.6 is 0 Å². The van der Waals surface area contributed by atoms with Crippen LogP contribution in [0.5, 0.6) is 0 Å². The minimum atomic E-state index is -0.0779. The van der Waals surface area contributed by atoms with Crippen molar-refractivity contribution in [2.75, 3.05) is 0 Å². The number of hydrogen-bond acceptors (Lipinski definition) is 2. The van der Waals surface area contributed by atoms with Crippen molar-refractivity contribution in [3.63, 3.8) is 0 Å². The Labute approximate surface area is 278 Å². The molecular formula is C44H30N4. The molecule has 0 spiro atoms. The third kappa shape index (κ3) is 4.06. The molecular weight excluding hydrogens is 585 g/mol. The zero-order chi connectivity index (χ0) is 31.6. The van der Waals surface area contributed by atoms with Crippen LogP contribution in [0.4, 0.5) is 0 Å². The van der Waals surface area contributed by atoms with Crippen molar-refractivity contribution in [1.82, 2.24) is 14.9 Å². The number of fused-ring (bicyclic) bond motifs is 4. The number of benzene rings is 4. The van der Waals surface area contributed by atoms with Crippen LogP contribution in [0.25, 0.3) is 22.3 Å². The normalized spacial score (nSPS) is 17.5. The maximum atomic E-state index is 5.42. The molecule has 0 saturated heterocycles. The van der Waals surface area contributed by atoms with Crippen LogP contribution in [-0.4, -0.2) is 15.3 Å². The average molecular weight is 615 g/mol. The van der Waals surface area contributed by atoms with Crippen LogP contribution in [0.15, 0.2) is 186 Å². The Balaban J connectivity index is 1.36. The van der Waals surface area contributed by atoms with E-state index in [0.717, 1.165) is 66.9 Å². The van der Waals surface area contributed by atoms with Gasteiger partial charge in [0.2, 0.25) is 0 Å². The molecule has 2 N–H and O–H groups in total. The van der Waals surface area contributed by atoms with E-state index < -0.39 is 0 Å². The van der Waals surface area contributed by atoms with E-state index in [4.69, 9.17) is 4.99 Å². The molecule has 2 aromatic heterocycles. The number of nitrogens with one attached hydrogen (secondary N) is 2. The molecule has 6 bridgehead atoms. The Morgan fingerprint density at radius 3 is 1.58 bits per heavy atom. The molecule has 4 nitrogen and oxygen atoms in total. The molecule has 0 saturated carbocycles. The monoisotopic (exact) mass is 614 g/mol. The molecule has 4 aliphatic rings. The van der Waals surface area contributed by atoms with Gasteiger partial charge in [-0.25, -0.2) is 4.99 Å². The number of aliphatic imine (C=N–C) groups is 1. The molecule has 48 heavy (non-hydrogen) atoms. The van der Waals surface area contributed by atoms with Crippen LogP contribution in [0.3, 0.4) is 0 Å². The fourth-order valence-corrected chi connectivity index (χ4v) is 7.73. The molecule has 6 heterocycles. The van der Waals surface area contributed by atoms with E-state index in [2.05, 4.69) is 179 Å². The number of allylic oxidation sites excluding steroid dienone is 3. The second-order valence-electron chi connectivity index (χ2n) is 12.5. The van der Waals surface area contributed by atoms with Gasteiger partial charge in [-0.15, -0.1) is 0 Å². The van der Waals surface area contributed by atoms with E-state index in [1.165, 1.54) is 22.4 Å². The van der Waals surface area contributed by atoms with Crippen molar-refractivity contribution in [2.45, 2.75) is 6.17 Å². The number of aromatic amines is 1. The third-order valence-electron chi connectivity index (χ3n) is 9.76. The lowest BCUT2D eigenvalue weighted by atomic mass is 9.97. The molecule has 4 aliphatic heterocycles. The molecule has 4 heteroatoms. The average Bonchev–Trinajstić information content (AvgIpc) is 3.98. The molecule has 0 fully saturated rings. The zero-order valence-electron chi connectivity index (χ0n) is 26.1. The Morgan fingerprint density at radius 1 is 0.479 bits per heavy atom. The predicted octanol–water partition coefficient (Wildman–Crippen LogP) is 7.50. The molecule has 4 aromatic carbocycles. The van der Waals surface area contributed by atoms with E-state index in [-0.39, 0.29) is 6.17 Å². The molecule has 226 valence electrons. The Kier molecular flexibility index (Phi) is 5.90. The van der Waals surface area contributed by atoms with Gasteiger partial charge in [0, 0.05) is 44.3 Å². The van der Waals surface area contributed by atoms with E-state index in [1.807, 2.05) is 0 Å². The fraction of sp³-hybridized carbons (Fsp3) is 0.0227. The summed E-state index contributed by atoms with van der Waals surface area (Å²) >= 11 is 0. The van der Waals surface area contributed by atoms with Gasteiger partial charge in [-0.3, -0.25) is 0 Å². The van der Waals surface area contributed by atoms with Gasteiger partial charge in [-0.2, -0.15) is 0 Å². The minimum Gasteiger partial charge on any atom is -0.361 e. The second-order valence-corrected chi connectivity index (χ2v) is 12.5. The molecule has 1 unspecified atom stereocenters. The fourth-order valence-electron chi connectivity index (χ4n) is 7.73. The first-order chi connectivity index (χ1) is 23.8. The number of H-pyrrole nitrogens is 1. The third-order valence-corrected chi connectivity index (χ3v) is 9.76. The molecule has 0 aliphatic carbocycles. The van der Waals surface area contributed by atoms with Crippen molar-refractivity contribution in [3.05, 3.63) is 225 Å². The smallest absolute Gasteiger partial charge is 0.131 e. The summed E-state index contributed by atoms with van der Waals surface area (Å²) in [7, 11) is 0. The van der Waals surface area contributed by atoms with Gasteiger partial charge in [0.1, 0.15) is 6.17 Å². The summed E-state index contributed by atoms with van der Waals surface area (Å²) in [6, 6.07) is 51.7. The summed E-state index contributed by atoms with van der Waals surface area (Å²) in [5, 5.41) is 6.10. The van der Waals surface area contributed by atoms with Crippen LogP contribution in [0, 0.1) is 0 Å². The number of aromatic nitrogens is 2. The zero-order valence-corrected chi connectivity index (χ0v) is 26.1. The van der Waals surface area contributed by atoms with Gasteiger partial charge in [-0.1, -0.05) is 121 Å². The standard InChI is InChI=1S/C44H30N4/c1-5-13-28(14-6-1)40-32-27-37-42(30-17-9-3-10-18-30)35-22-21-33(45-35)41(29-15-7-2-8-16-29)34-23-24-36(46-34)43(31-19-11-4-12-20-31)39-26-25-38(40)48(39)44(32)47-37/h1-27,44-45,47H. The first-order valence-electron chi connectivity index (χ1n) is 16.4. The largest absolute Gasteiger partial charge is 0.361 e. The summed E-state index contributed by atoms with van der Waals surface area (Å²) in [6.45, 7) is 0. The SMILES string of the molecule is C1=CC2=C(c3ccccc3)c3ccc4n3C3NC(=CC3=C4c3ccccc3)C(c3ccccc3)=c3ccc([nH]3)=C(c3ccccc3)C1=N2. The summed E-state index contributed by atoms with van der Waals surface area (Å²) in [4.78, 5) is 9.27. The minimum absolute atomic E-state index is 0.0779. The van der Waals surface area contributed by atoms with E-state index in [9.17, 15) is 0 Å². The van der Waals surface area contributed by atoms with Gasteiger partial charge < -0.3 is 14.9 Å². The summed E-state index contributed by atoms with van der Waals surface area (Å²) in [5.74, 6) is 0. The highest BCUT2D eigenvalue weighted by atomic mass is 15.2. The highest BCUT2D eigenvalue weighted by Gasteiger charge is 2.38. The van der Waals surface area contributed by atoms with Crippen LogP contribution in [-0.2, 0) is 0 Å². The Hall–Kier alpha value is -6.39. The van der Waals surface area contributed by atoms with E-state index in [1.54, 1.807) is 0 Å². The molecule has 10 rings (SSSR count). The first kappa shape index (κ1) is 26.8. The van der Waals surface area contributed by atoms with Crippen LogP contribution in [0.2, 0.25) is 0 Å². The van der Waals surface area contributed by atoms with E-state index >= 15 is 0 Å². The van der Waals surface area contributed by atoms with Gasteiger partial charge in [0.25, 0.3) is 0 Å². The second kappa shape index (κ2) is 10.6. The van der Waals surface area contributed by atoms with Gasteiger partial charge in [-0.05, 0) is 64.7 Å². The van der Waals surface area contributed by atoms with Crippen molar-refractivity contribution in [1.29, 1.82) is 0 Å². The Morgan fingerprint density at radius 2 is 0.979 bits per heavy atom. The Bertz CT molecular complexity index is 2540. The van der Waals surface area contributed by atoms with Gasteiger partial charge >= 0.3 is 0 Å². The topological polar surface area (TPSA) is 45.1 Å². The van der Waals surface area contributed by atoms with Crippen molar-refractivity contribution >= 4 is 28.0 Å². The number of nitrogens with zero attached hydrogens (tertiary/aromatic N) is 2. The van der Waals surface area contributed by atoms with E-state index in [0.29, 0.717) is 0 Å². The van der Waals surface area contributed by atoms with Crippen LogP contribution < -0.4 is 16.0 Å². The maximum Gasteiger partial charge on any atom is 0.131 e. The summed E-state index contributed by atoms with van der Waals surface area (Å²) < 4.78 is 2.48. The highest BCUT2D eigenvalue weighted by molar-refractivity contribution is 6.30. The van der Waals surface area contributed by atoms with Crippen LogP contribution in [0.1, 0.15) is 39.8 Å². The highest BCUT2D eigenvalue weighted by Crippen LogP contribution is 2.48. The number of hydrogen-bond donors (Lipinski definition) is 2. The van der Waals surface area contributed by atoms with Crippen molar-refractivity contribution < 1.29 is 0 Å². The summed E-state index contributed by atoms with van der Waals surface area (Å²) in [5.41, 5.74) is 15.8. The quantitative estimate of drug-likeness (QED) is 0.212.